The zero-order valence-electron chi connectivity index (χ0n) is 16.7. The number of benzene rings is 1. The summed E-state index contributed by atoms with van der Waals surface area (Å²) in [5, 5.41) is 2.92. The van der Waals surface area contributed by atoms with E-state index in [1.54, 1.807) is 37.2 Å². The lowest BCUT2D eigenvalue weighted by molar-refractivity contribution is -0.148. The van der Waals surface area contributed by atoms with Crippen molar-refractivity contribution in [3.8, 4) is 0 Å². The molecule has 2 heterocycles. The maximum Gasteiger partial charge on any atom is 0.237 e. The van der Waals surface area contributed by atoms with E-state index >= 15 is 0 Å². The molecule has 1 saturated heterocycles. The summed E-state index contributed by atoms with van der Waals surface area (Å²) >= 11 is 0. The predicted octanol–water partition coefficient (Wildman–Crippen LogP) is 1.78. The molecule has 1 aliphatic heterocycles. The highest BCUT2D eigenvalue weighted by molar-refractivity contribution is 6.04. The minimum atomic E-state index is -1.12. The Morgan fingerprint density at radius 1 is 1.04 bits per heavy atom. The third-order valence-electron chi connectivity index (χ3n) is 5.20. The summed E-state index contributed by atoms with van der Waals surface area (Å²) in [4.78, 5) is 38.0. The number of piperazine rings is 1. The lowest BCUT2D eigenvalue weighted by atomic mass is 9.89. The van der Waals surface area contributed by atoms with Gasteiger partial charge in [0.05, 0.1) is 0 Å². The van der Waals surface area contributed by atoms with Crippen molar-refractivity contribution in [2.75, 3.05) is 31.1 Å². The molecule has 1 aromatic carbocycles. The van der Waals surface area contributed by atoms with Gasteiger partial charge in [0.1, 0.15) is 5.41 Å². The van der Waals surface area contributed by atoms with Crippen LogP contribution in [0.2, 0.25) is 0 Å². The Balaban J connectivity index is 1.56. The third-order valence-corrected chi connectivity index (χ3v) is 5.20. The zero-order chi connectivity index (χ0) is 20.1. The molecule has 0 spiro atoms. The Morgan fingerprint density at radius 3 is 2.32 bits per heavy atom. The van der Waals surface area contributed by atoms with Gasteiger partial charge in [0, 0.05) is 45.1 Å². The number of anilines is 1. The molecule has 1 N–H and O–H groups in total. The number of aromatic nitrogens is 2. The molecule has 7 heteroatoms. The summed E-state index contributed by atoms with van der Waals surface area (Å²) in [6.45, 7) is 8.20. The SMILES string of the molecule is Cc1ccccc1CNC(=O)C(C)(C)C(=O)N1CCN(c2ncccn2)CC1. The van der Waals surface area contributed by atoms with Crippen LogP contribution < -0.4 is 10.2 Å². The molecule has 0 atom stereocenters. The number of aryl methyl sites for hydroxylation is 1. The van der Waals surface area contributed by atoms with Crippen molar-refractivity contribution >= 4 is 17.8 Å². The molecule has 2 amide bonds. The molecule has 2 aromatic rings. The molecular weight excluding hydrogens is 354 g/mol. The van der Waals surface area contributed by atoms with Crippen molar-refractivity contribution in [3.63, 3.8) is 0 Å². The van der Waals surface area contributed by atoms with Gasteiger partial charge in [0.2, 0.25) is 17.8 Å². The van der Waals surface area contributed by atoms with E-state index in [0.29, 0.717) is 38.7 Å². The van der Waals surface area contributed by atoms with Crippen LogP contribution in [0.3, 0.4) is 0 Å². The number of amides is 2. The van der Waals surface area contributed by atoms with Crippen molar-refractivity contribution in [2.45, 2.75) is 27.3 Å². The Bertz CT molecular complexity index is 830. The van der Waals surface area contributed by atoms with E-state index in [0.717, 1.165) is 11.1 Å². The molecular formula is C21H27N5O2. The van der Waals surface area contributed by atoms with Gasteiger partial charge in [-0.25, -0.2) is 9.97 Å². The van der Waals surface area contributed by atoms with Crippen LogP contribution in [0.15, 0.2) is 42.7 Å². The zero-order valence-corrected chi connectivity index (χ0v) is 16.7. The van der Waals surface area contributed by atoms with Crippen molar-refractivity contribution in [1.82, 2.24) is 20.2 Å². The van der Waals surface area contributed by atoms with Crippen LogP contribution in [-0.2, 0) is 16.1 Å². The Labute approximate surface area is 165 Å². The number of nitrogens with zero attached hydrogens (tertiary/aromatic N) is 4. The standard InChI is InChI=1S/C21H27N5O2/c1-16-7-4-5-8-17(16)15-24-18(27)21(2,3)19(28)25-11-13-26(14-12-25)20-22-9-6-10-23-20/h4-10H,11-15H2,1-3H3,(H,24,27). The first-order chi connectivity index (χ1) is 13.4. The molecule has 28 heavy (non-hydrogen) atoms. The first-order valence-electron chi connectivity index (χ1n) is 9.54. The maximum absolute atomic E-state index is 13.0. The number of carbonyl (C=O) groups is 2. The summed E-state index contributed by atoms with van der Waals surface area (Å²) in [5.41, 5.74) is 1.05. The Hall–Kier alpha value is -2.96. The van der Waals surface area contributed by atoms with Gasteiger partial charge < -0.3 is 15.1 Å². The fourth-order valence-corrected chi connectivity index (χ4v) is 3.26. The fourth-order valence-electron chi connectivity index (χ4n) is 3.26. The summed E-state index contributed by atoms with van der Waals surface area (Å²) in [5.74, 6) is 0.267. The molecule has 1 aromatic heterocycles. The van der Waals surface area contributed by atoms with Gasteiger partial charge in [-0.15, -0.1) is 0 Å². The van der Waals surface area contributed by atoms with Crippen molar-refractivity contribution in [3.05, 3.63) is 53.9 Å². The largest absolute Gasteiger partial charge is 0.351 e. The van der Waals surface area contributed by atoms with Crippen LogP contribution in [-0.4, -0.2) is 52.9 Å². The van der Waals surface area contributed by atoms with E-state index in [4.69, 9.17) is 0 Å². The highest BCUT2D eigenvalue weighted by atomic mass is 16.2. The molecule has 1 aliphatic rings. The fraction of sp³-hybridized carbons (Fsp3) is 0.429. The van der Waals surface area contributed by atoms with Crippen LogP contribution in [0.4, 0.5) is 5.95 Å². The van der Waals surface area contributed by atoms with E-state index in [1.807, 2.05) is 31.2 Å². The van der Waals surface area contributed by atoms with Gasteiger partial charge in [0.15, 0.2) is 0 Å². The number of hydrogen-bond acceptors (Lipinski definition) is 5. The minimum Gasteiger partial charge on any atom is -0.351 e. The van der Waals surface area contributed by atoms with Crippen molar-refractivity contribution in [1.29, 1.82) is 0 Å². The van der Waals surface area contributed by atoms with Crippen LogP contribution in [0.5, 0.6) is 0 Å². The molecule has 3 rings (SSSR count). The quantitative estimate of drug-likeness (QED) is 0.799. The molecule has 0 saturated carbocycles. The molecule has 0 bridgehead atoms. The lowest BCUT2D eigenvalue weighted by Gasteiger charge is -2.38. The number of nitrogens with one attached hydrogen (secondary N) is 1. The first-order valence-corrected chi connectivity index (χ1v) is 9.54. The second-order valence-electron chi connectivity index (χ2n) is 7.56. The Morgan fingerprint density at radius 2 is 1.68 bits per heavy atom. The molecule has 1 fully saturated rings. The average Bonchev–Trinajstić information content (AvgIpc) is 2.73. The highest BCUT2D eigenvalue weighted by Crippen LogP contribution is 2.22. The third kappa shape index (κ3) is 4.30. The van der Waals surface area contributed by atoms with E-state index in [2.05, 4.69) is 20.2 Å². The molecule has 0 unspecified atom stereocenters. The monoisotopic (exact) mass is 381 g/mol. The molecule has 0 aliphatic carbocycles. The second kappa shape index (κ2) is 8.37. The first kappa shape index (κ1) is 19.8. The van der Waals surface area contributed by atoms with Crippen LogP contribution in [0.25, 0.3) is 0 Å². The van der Waals surface area contributed by atoms with Gasteiger partial charge in [-0.1, -0.05) is 24.3 Å². The average molecular weight is 381 g/mol. The Kier molecular flexibility index (Phi) is 5.92. The van der Waals surface area contributed by atoms with Crippen molar-refractivity contribution in [2.24, 2.45) is 5.41 Å². The summed E-state index contributed by atoms with van der Waals surface area (Å²) in [7, 11) is 0. The van der Waals surface area contributed by atoms with Crippen LogP contribution in [0, 0.1) is 12.3 Å². The topological polar surface area (TPSA) is 78.4 Å². The lowest BCUT2D eigenvalue weighted by Crippen LogP contribution is -2.55. The van der Waals surface area contributed by atoms with Gasteiger partial charge in [-0.05, 0) is 38.0 Å². The summed E-state index contributed by atoms with van der Waals surface area (Å²) in [6, 6.07) is 9.68. The normalized spacial score (nSPS) is 14.7. The molecule has 148 valence electrons. The van der Waals surface area contributed by atoms with Crippen molar-refractivity contribution < 1.29 is 9.59 Å². The van der Waals surface area contributed by atoms with Gasteiger partial charge in [0.25, 0.3) is 0 Å². The highest BCUT2D eigenvalue weighted by Gasteiger charge is 2.40. The predicted molar refractivity (Wildman–Crippen MR) is 108 cm³/mol. The second-order valence-corrected chi connectivity index (χ2v) is 7.56. The van der Waals surface area contributed by atoms with E-state index < -0.39 is 5.41 Å². The van der Waals surface area contributed by atoms with E-state index in [9.17, 15) is 9.59 Å². The number of rotatable bonds is 5. The van der Waals surface area contributed by atoms with E-state index in [1.165, 1.54) is 0 Å². The molecule has 7 nitrogen and oxygen atoms in total. The number of hydrogen-bond donors (Lipinski definition) is 1. The van der Waals surface area contributed by atoms with Crippen LogP contribution >= 0.6 is 0 Å². The van der Waals surface area contributed by atoms with E-state index in [-0.39, 0.29) is 11.8 Å². The number of carbonyl (C=O) groups excluding carboxylic acids is 2. The smallest absolute Gasteiger partial charge is 0.237 e. The van der Waals surface area contributed by atoms with Gasteiger partial charge in [-0.2, -0.15) is 0 Å². The summed E-state index contributed by atoms with van der Waals surface area (Å²) < 4.78 is 0. The summed E-state index contributed by atoms with van der Waals surface area (Å²) in [6.07, 6.45) is 3.42. The maximum atomic E-state index is 13.0. The van der Waals surface area contributed by atoms with Gasteiger partial charge in [-0.3, -0.25) is 9.59 Å². The van der Waals surface area contributed by atoms with Crippen LogP contribution in [0.1, 0.15) is 25.0 Å². The van der Waals surface area contributed by atoms with Gasteiger partial charge >= 0.3 is 0 Å². The molecule has 0 radical (unpaired) electrons. The minimum absolute atomic E-state index is 0.150.